The van der Waals surface area contributed by atoms with E-state index < -0.39 is 0 Å². The van der Waals surface area contributed by atoms with Crippen molar-refractivity contribution < 1.29 is 15.1 Å². The van der Waals surface area contributed by atoms with Crippen molar-refractivity contribution in [2.24, 2.45) is 10.9 Å². The lowest BCUT2D eigenvalue weighted by molar-refractivity contribution is 0.0286. The molecule has 11 heavy (non-hydrogen) atoms. The molecule has 0 bridgehead atoms. The average Bonchev–Trinajstić information content (AvgIpc) is 2.04. The molecule has 5 heteroatoms. The van der Waals surface area contributed by atoms with Gasteiger partial charge in [0.1, 0.15) is 5.84 Å². The van der Waals surface area contributed by atoms with Crippen LogP contribution in [0.1, 0.15) is 13.3 Å². The summed E-state index contributed by atoms with van der Waals surface area (Å²) in [6.45, 7) is 2.08. The van der Waals surface area contributed by atoms with Crippen LogP contribution >= 0.6 is 0 Å². The second-order valence-corrected chi connectivity index (χ2v) is 2.21. The molecule has 5 nitrogen and oxygen atoms in total. The number of hydrogen-bond donors (Lipinski definition) is 3. The van der Waals surface area contributed by atoms with Crippen LogP contribution in [0.5, 0.6) is 0 Å². The molecule has 0 saturated carbocycles. The number of nitrogens with zero attached hydrogens (tertiary/aromatic N) is 1. The lowest BCUT2D eigenvalue weighted by Gasteiger charge is -2.08. The number of aliphatic hydroxyl groups excluding tert-OH is 1. The van der Waals surface area contributed by atoms with Gasteiger partial charge >= 0.3 is 0 Å². The van der Waals surface area contributed by atoms with Gasteiger partial charge in [-0.05, 0) is 6.92 Å². The molecule has 0 aromatic rings. The summed E-state index contributed by atoms with van der Waals surface area (Å²) in [5, 5.41) is 19.4. The van der Waals surface area contributed by atoms with E-state index in [4.69, 9.17) is 20.8 Å². The average molecular weight is 162 g/mol. The van der Waals surface area contributed by atoms with Gasteiger partial charge in [-0.25, -0.2) is 0 Å². The normalized spacial score (nSPS) is 14.9. The van der Waals surface area contributed by atoms with E-state index in [2.05, 4.69) is 5.16 Å². The van der Waals surface area contributed by atoms with Crippen molar-refractivity contribution in [1.29, 1.82) is 0 Å². The minimum Gasteiger partial charge on any atom is -0.409 e. The second-order valence-electron chi connectivity index (χ2n) is 2.21. The lowest BCUT2D eigenvalue weighted by Crippen LogP contribution is -2.19. The first kappa shape index (κ1) is 10.2. The zero-order valence-corrected chi connectivity index (χ0v) is 6.53. The molecule has 0 aromatic carbocycles. The Morgan fingerprint density at radius 2 is 2.36 bits per heavy atom. The van der Waals surface area contributed by atoms with Crippen LogP contribution in [0.4, 0.5) is 0 Å². The van der Waals surface area contributed by atoms with Gasteiger partial charge in [-0.2, -0.15) is 0 Å². The highest BCUT2D eigenvalue weighted by Crippen LogP contribution is 1.90. The number of aliphatic hydroxyl groups is 1. The Morgan fingerprint density at radius 1 is 1.73 bits per heavy atom. The van der Waals surface area contributed by atoms with Crippen LogP contribution in [0.3, 0.4) is 0 Å². The quantitative estimate of drug-likeness (QED) is 0.220. The Bertz CT molecular complexity index is 127. The highest BCUT2D eigenvalue weighted by Gasteiger charge is 1.99. The van der Waals surface area contributed by atoms with E-state index >= 15 is 0 Å². The third-order valence-corrected chi connectivity index (χ3v) is 1.15. The third kappa shape index (κ3) is 5.63. The molecule has 0 spiro atoms. The van der Waals surface area contributed by atoms with Gasteiger partial charge in [0.2, 0.25) is 0 Å². The topological polar surface area (TPSA) is 88.1 Å². The monoisotopic (exact) mass is 162 g/mol. The number of rotatable bonds is 5. The Labute approximate surface area is 65.5 Å². The first-order valence-corrected chi connectivity index (χ1v) is 3.39. The number of oxime groups is 1. The van der Waals surface area contributed by atoms with Gasteiger partial charge in [-0.3, -0.25) is 0 Å². The van der Waals surface area contributed by atoms with E-state index in [0.717, 1.165) is 0 Å². The molecule has 0 heterocycles. The molecule has 0 rings (SSSR count). The van der Waals surface area contributed by atoms with Gasteiger partial charge in [-0.15, -0.1) is 0 Å². The maximum atomic E-state index is 8.52. The molecule has 1 atom stereocenters. The van der Waals surface area contributed by atoms with E-state index in [1.807, 2.05) is 0 Å². The molecule has 0 saturated heterocycles. The van der Waals surface area contributed by atoms with Gasteiger partial charge in [-0.1, -0.05) is 5.16 Å². The minimum absolute atomic E-state index is 0.0177. The standard InChI is InChI=1S/C6H14N2O3/c1-5(4-9)11-3-2-6(7)8-10/h5,9-10H,2-4H2,1H3,(H2,7,8). The summed E-state index contributed by atoms with van der Waals surface area (Å²) >= 11 is 0. The number of ether oxygens (including phenoxy) is 1. The fraction of sp³-hybridized carbons (Fsp3) is 0.833. The van der Waals surface area contributed by atoms with Crippen LogP contribution in [0.25, 0.3) is 0 Å². The van der Waals surface area contributed by atoms with Crippen molar-refractivity contribution in [2.45, 2.75) is 19.4 Å². The molecule has 0 amide bonds. The summed E-state index contributed by atoms with van der Waals surface area (Å²) < 4.78 is 5.04. The van der Waals surface area contributed by atoms with Crippen molar-refractivity contribution >= 4 is 5.84 Å². The highest BCUT2D eigenvalue weighted by atomic mass is 16.5. The fourth-order valence-corrected chi connectivity index (χ4v) is 0.467. The molecular formula is C6H14N2O3. The van der Waals surface area contributed by atoms with E-state index in [9.17, 15) is 0 Å². The van der Waals surface area contributed by atoms with E-state index in [1.165, 1.54) is 0 Å². The predicted octanol–water partition coefficient (Wildman–Crippen LogP) is -0.480. The van der Waals surface area contributed by atoms with E-state index in [0.29, 0.717) is 13.0 Å². The Morgan fingerprint density at radius 3 is 2.82 bits per heavy atom. The molecule has 0 aliphatic carbocycles. The van der Waals surface area contributed by atoms with Crippen LogP contribution in [0.2, 0.25) is 0 Å². The van der Waals surface area contributed by atoms with Gasteiger partial charge in [0.25, 0.3) is 0 Å². The first-order chi connectivity index (χ1) is 5.20. The minimum atomic E-state index is -0.193. The Balaban J connectivity index is 3.27. The maximum Gasteiger partial charge on any atom is 0.141 e. The van der Waals surface area contributed by atoms with Gasteiger partial charge in [0, 0.05) is 6.42 Å². The molecule has 4 N–H and O–H groups in total. The molecule has 1 unspecified atom stereocenters. The smallest absolute Gasteiger partial charge is 0.141 e. The van der Waals surface area contributed by atoms with Gasteiger partial charge in [0.15, 0.2) is 0 Å². The van der Waals surface area contributed by atoms with Crippen LogP contribution in [0.15, 0.2) is 5.16 Å². The zero-order valence-electron chi connectivity index (χ0n) is 6.53. The second kappa shape index (κ2) is 5.94. The van der Waals surface area contributed by atoms with Gasteiger partial charge < -0.3 is 20.8 Å². The molecule has 0 radical (unpaired) electrons. The van der Waals surface area contributed by atoms with Crippen molar-refractivity contribution in [2.75, 3.05) is 13.2 Å². The summed E-state index contributed by atoms with van der Waals surface area (Å²) in [6, 6.07) is 0. The lowest BCUT2D eigenvalue weighted by atomic mass is 10.4. The van der Waals surface area contributed by atoms with Crippen molar-refractivity contribution in [3.05, 3.63) is 0 Å². The predicted molar refractivity (Wildman–Crippen MR) is 40.5 cm³/mol. The molecule has 0 aliphatic heterocycles. The van der Waals surface area contributed by atoms with Crippen molar-refractivity contribution in [3.8, 4) is 0 Å². The molecule has 66 valence electrons. The molecule has 0 aliphatic rings. The van der Waals surface area contributed by atoms with Crippen molar-refractivity contribution in [3.63, 3.8) is 0 Å². The van der Waals surface area contributed by atoms with E-state index in [-0.39, 0.29) is 18.5 Å². The number of amidine groups is 1. The van der Waals surface area contributed by atoms with Gasteiger partial charge in [0.05, 0.1) is 19.3 Å². The summed E-state index contributed by atoms with van der Waals surface area (Å²) in [5.41, 5.74) is 5.16. The zero-order chi connectivity index (χ0) is 8.69. The molecule has 0 fully saturated rings. The number of hydrogen-bond acceptors (Lipinski definition) is 4. The largest absolute Gasteiger partial charge is 0.409 e. The maximum absolute atomic E-state index is 8.52. The molecular weight excluding hydrogens is 148 g/mol. The third-order valence-electron chi connectivity index (χ3n) is 1.15. The summed E-state index contributed by atoms with van der Waals surface area (Å²) in [6.07, 6.45) is 0.183. The van der Waals surface area contributed by atoms with E-state index in [1.54, 1.807) is 6.92 Å². The number of nitrogens with two attached hydrogens (primary N) is 1. The van der Waals surface area contributed by atoms with Crippen LogP contribution < -0.4 is 5.73 Å². The Kier molecular flexibility index (Phi) is 5.50. The summed E-state index contributed by atoms with van der Waals surface area (Å²) in [4.78, 5) is 0. The summed E-state index contributed by atoms with van der Waals surface area (Å²) in [5.74, 6) is 0.134. The van der Waals surface area contributed by atoms with Crippen molar-refractivity contribution in [1.82, 2.24) is 0 Å². The fourth-order valence-electron chi connectivity index (χ4n) is 0.467. The summed E-state index contributed by atoms with van der Waals surface area (Å²) in [7, 11) is 0. The van der Waals surface area contributed by atoms with Crippen LogP contribution in [-0.4, -0.2) is 35.5 Å². The molecule has 0 aromatic heterocycles. The highest BCUT2D eigenvalue weighted by molar-refractivity contribution is 5.79. The Hall–Kier alpha value is -0.810. The van der Waals surface area contributed by atoms with Crippen LogP contribution in [-0.2, 0) is 4.74 Å². The van der Waals surface area contributed by atoms with Crippen LogP contribution in [0, 0.1) is 0 Å². The first-order valence-electron chi connectivity index (χ1n) is 3.39. The SMILES string of the molecule is CC(CO)OCC/C(N)=N/O.